The minimum Gasteiger partial charge on any atom is -0.365 e. The van der Waals surface area contributed by atoms with E-state index in [-0.39, 0.29) is 11.2 Å². The zero-order valence-corrected chi connectivity index (χ0v) is 12.8. The molecule has 1 aliphatic rings. The van der Waals surface area contributed by atoms with Gasteiger partial charge in [-0.25, -0.2) is 4.39 Å². The van der Waals surface area contributed by atoms with Crippen LogP contribution in [-0.4, -0.2) is 25.2 Å². The van der Waals surface area contributed by atoms with Gasteiger partial charge in [-0.15, -0.1) is 0 Å². The first-order valence-electron chi connectivity index (χ1n) is 6.74. The molecule has 0 aromatic heterocycles. The lowest BCUT2D eigenvalue weighted by Crippen LogP contribution is -2.59. The molecule has 19 heavy (non-hydrogen) atoms. The smallest absolute Gasteiger partial charge is 0.125 e. The molecule has 2 rings (SSSR count). The maximum absolute atomic E-state index is 13.5. The highest BCUT2D eigenvalue weighted by atomic mass is 35.5. The van der Waals surface area contributed by atoms with Gasteiger partial charge in [-0.05, 0) is 30.5 Å². The molecule has 1 saturated heterocycles. The van der Waals surface area contributed by atoms with E-state index in [4.69, 9.17) is 11.6 Å². The summed E-state index contributed by atoms with van der Waals surface area (Å²) in [5.41, 5.74) is 0.961. The third kappa shape index (κ3) is 3.21. The molecule has 1 N–H and O–H groups in total. The maximum atomic E-state index is 13.5. The topological polar surface area (TPSA) is 15.3 Å². The summed E-state index contributed by atoms with van der Waals surface area (Å²) in [6.07, 6.45) is 0. The van der Waals surface area contributed by atoms with E-state index in [1.54, 1.807) is 6.07 Å². The number of rotatable bonds is 1. The lowest BCUT2D eigenvalue weighted by Gasteiger charge is -2.45. The van der Waals surface area contributed by atoms with Gasteiger partial charge in [-0.2, -0.15) is 0 Å². The summed E-state index contributed by atoms with van der Waals surface area (Å²) in [6.45, 7) is 10.5. The van der Waals surface area contributed by atoms with Crippen molar-refractivity contribution in [1.82, 2.24) is 5.32 Å². The highest BCUT2D eigenvalue weighted by molar-refractivity contribution is 6.33. The van der Waals surface area contributed by atoms with Crippen LogP contribution in [0.1, 0.15) is 27.7 Å². The molecule has 1 fully saturated rings. The van der Waals surface area contributed by atoms with E-state index in [9.17, 15) is 4.39 Å². The fourth-order valence-electron chi connectivity index (χ4n) is 2.49. The molecule has 1 aromatic rings. The quantitative estimate of drug-likeness (QED) is 0.846. The molecule has 1 heterocycles. The van der Waals surface area contributed by atoms with Crippen LogP contribution < -0.4 is 10.2 Å². The molecule has 0 radical (unpaired) electrons. The van der Waals surface area contributed by atoms with Crippen LogP contribution in [0.2, 0.25) is 5.02 Å². The third-order valence-corrected chi connectivity index (χ3v) is 4.15. The van der Waals surface area contributed by atoms with Crippen molar-refractivity contribution in [2.45, 2.75) is 39.8 Å². The lowest BCUT2D eigenvalue weighted by molar-refractivity contribution is 0.239. The lowest BCUT2D eigenvalue weighted by atomic mass is 9.84. The minimum absolute atomic E-state index is 0.165. The normalized spacial score (nSPS) is 24.6. The van der Waals surface area contributed by atoms with Crippen molar-refractivity contribution < 1.29 is 4.39 Å². The van der Waals surface area contributed by atoms with Crippen LogP contribution in [0.15, 0.2) is 18.2 Å². The molecule has 0 amide bonds. The zero-order valence-electron chi connectivity index (χ0n) is 12.0. The average molecular weight is 285 g/mol. The summed E-state index contributed by atoms with van der Waals surface area (Å²) in [5.74, 6) is -0.238. The molecule has 0 spiro atoms. The Labute approximate surface area is 119 Å². The van der Waals surface area contributed by atoms with Gasteiger partial charge < -0.3 is 10.2 Å². The first-order valence-corrected chi connectivity index (χ1v) is 7.12. The van der Waals surface area contributed by atoms with Gasteiger partial charge in [0.1, 0.15) is 5.82 Å². The molecule has 2 unspecified atom stereocenters. The average Bonchev–Trinajstić information content (AvgIpc) is 2.32. The van der Waals surface area contributed by atoms with Crippen molar-refractivity contribution in [3.63, 3.8) is 0 Å². The van der Waals surface area contributed by atoms with E-state index < -0.39 is 0 Å². The summed E-state index contributed by atoms with van der Waals surface area (Å²) >= 11 is 6.23. The van der Waals surface area contributed by atoms with Gasteiger partial charge in [-0.1, -0.05) is 32.4 Å². The second-order valence-corrected chi connectivity index (χ2v) is 6.83. The molecule has 4 heteroatoms. The molecule has 0 saturated carbocycles. The number of anilines is 1. The second kappa shape index (κ2) is 5.29. The third-order valence-electron chi connectivity index (χ3n) is 3.83. The predicted octanol–water partition coefficient (Wildman–Crippen LogP) is 3.69. The first kappa shape index (κ1) is 14.6. The number of piperazine rings is 1. The molecule has 2 atom stereocenters. The molecule has 106 valence electrons. The fourth-order valence-corrected chi connectivity index (χ4v) is 2.71. The van der Waals surface area contributed by atoms with Gasteiger partial charge in [0.2, 0.25) is 0 Å². The van der Waals surface area contributed by atoms with Gasteiger partial charge in [0.05, 0.1) is 10.7 Å². The number of halogens is 2. The van der Waals surface area contributed by atoms with Gasteiger partial charge in [0.25, 0.3) is 0 Å². The van der Waals surface area contributed by atoms with E-state index in [0.29, 0.717) is 17.1 Å². The number of hydrogen-bond donors (Lipinski definition) is 1. The highest BCUT2D eigenvalue weighted by Gasteiger charge is 2.33. The number of nitrogens with one attached hydrogen (secondary N) is 1. The van der Waals surface area contributed by atoms with Gasteiger partial charge >= 0.3 is 0 Å². The van der Waals surface area contributed by atoms with Crippen LogP contribution in [0.4, 0.5) is 10.1 Å². The Morgan fingerprint density at radius 1 is 1.37 bits per heavy atom. The number of hydrogen-bond acceptors (Lipinski definition) is 2. The van der Waals surface area contributed by atoms with Crippen molar-refractivity contribution in [3.05, 3.63) is 29.0 Å². The summed E-state index contributed by atoms with van der Waals surface area (Å²) < 4.78 is 13.5. The van der Waals surface area contributed by atoms with Gasteiger partial charge in [0.15, 0.2) is 0 Å². The summed E-state index contributed by atoms with van der Waals surface area (Å²) in [6, 6.07) is 5.23. The highest BCUT2D eigenvalue weighted by Crippen LogP contribution is 2.32. The van der Waals surface area contributed by atoms with Crippen LogP contribution >= 0.6 is 11.6 Å². The Kier molecular flexibility index (Phi) is 4.07. The van der Waals surface area contributed by atoms with Crippen LogP contribution in [0.25, 0.3) is 0 Å². The SMILES string of the molecule is CC1CNC(C(C)(C)C)CN1c1cc(F)ccc1Cl. The molecular formula is C15H22ClFN2. The Bertz CT molecular complexity index is 456. The predicted molar refractivity (Wildman–Crippen MR) is 79.5 cm³/mol. The molecule has 2 nitrogen and oxygen atoms in total. The summed E-state index contributed by atoms with van der Waals surface area (Å²) in [4.78, 5) is 2.21. The van der Waals surface area contributed by atoms with Crippen molar-refractivity contribution in [3.8, 4) is 0 Å². The Morgan fingerprint density at radius 2 is 2.05 bits per heavy atom. The Morgan fingerprint density at radius 3 is 2.68 bits per heavy atom. The number of benzene rings is 1. The molecule has 1 aromatic carbocycles. The van der Waals surface area contributed by atoms with Crippen LogP contribution in [0.5, 0.6) is 0 Å². The van der Waals surface area contributed by atoms with E-state index in [0.717, 1.165) is 18.8 Å². The van der Waals surface area contributed by atoms with Crippen LogP contribution in [0.3, 0.4) is 0 Å². The van der Waals surface area contributed by atoms with Crippen molar-refractivity contribution >= 4 is 17.3 Å². The van der Waals surface area contributed by atoms with E-state index in [1.165, 1.54) is 12.1 Å². The van der Waals surface area contributed by atoms with E-state index in [1.807, 2.05) is 0 Å². The summed E-state index contributed by atoms with van der Waals surface area (Å²) in [7, 11) is 0. The second-order valence-electron chi connectivity index (χ2n) is 6.42. The maximum Gasteiger partial charge on any atom is 0.125 e. The molecular weight excluding hydrogens is 263 g/mol. The van der Waals surface area contributed by atoms with Crippen molar-refractivity contribution in [2.24, 2.45) is 5.41 Å². The van der Waals surface area contributed by atoms with Gasteiger partial charge in [0, 0.05) is 25.2 Å². The van der Waals surface area contributed by atoms with Crippen LogP contribution in [-0.2, 0) is 0 Å². The molecule has 0 bridgehead atoms. The van der Waals surface area contributed by atoms with Crippen LogP contribution in [0, 0.1) is 11.2 Å². The number of nitrogens with zero attached hydrogens (tertiary/aromatic N) is 1. The zero-order chi connectivity index (χ0) is 14.2. The fraction of sp³-hybridized carbons (Fsp3) is 0.600. The minimum atomic E-state index is -0.238. The monoisotopic (exact) mass is 284 g/mol. The van der Waals surface area contributed by atoms with E-state index >= 15 is 0 Å². The standard InChI is InChI=1S/C15H22ClFN2/c1-10-8-18-14(15(2,3)4)9-19(10)13-7-11(17)5-6-12(13)16/h5-7,10,14,18H,8-9H2,1-4H3. The Hall–Kier alpha value is -0.800. The summed E-state index contributed by atoms with van der Waals surface area (Å²) in [5, 5.41) is 4.18. The van der Waals surface area contributed by atoms with Crippen molar-refractivity contribution in [2.75, 3.05) is 18.0 Å². The largest absolute Gasteiger partial charge is 0.365 e. The Balaban J connectivity index is 2.28. The van der Waals surface area contributed by atoms with Gasteiger partial charge in [-0.3, -0.25) is 0 Å². The van der Waals surface area contributed by atoms with E-state index in [2.05, 4.69) is 37.9 Å². The molecule has 1 aliphatic heterocycles. The first-order chi connectivity index (χ1) is 8.79. The van der Waals surface area contributed by atoms with Crippen molar-refractivity contribution in [1.29, 1.82) is 0 Å². The molecule has 0 aliphatic carbocycles.